The van der Waals surface area contributed by atoms with E-state index in [1.165, 1.54) is 12.1 Å². The van der Waals surface area contributed by atoms with Gasteiger partial charge < -0.3 is 16.0 Å². The molecule has 0 saturated heterocycles. The molecular weight excluding hydrogens is 371 g/mol. The first kappa shape index (κ1) is 18.6. The van der Waals surface area contributed by atoms with Gasteiger partial charge in [-0.05, 0) is 31.2 Å². The van der Waals surface area contributed by atoms with Gasteiger partial charge in [-0.15, -0.1) is 0 Å². The minimum absolute atomic E-state index is 0.122. The minimum atomic E-state index is -0.317. The topological polar surface area (TPSA) is 97.8 Å². The molecule has 0 saturated carbocycles. The van der Waals surface area contributed by atoms with Crippen molar-refractivity contribution < 1.29 is 4.39 Å². The van der Waals surface area contributed by atoms with Crippen molar-refractivity contribution in [2.75, 3.05) is 30.0 Å². The third-order valence-electron chi connectivity index (χ3n) is 4.43. The number of nitrogens with zero attached hydrogens (tertiary/aromatic N) is 6. The summed E-state index contributed by atoms with van der Waals surface area (Å²) in [5.41, 5.74) is 8.08. The largest absolute Gasteiger partial charge is 0.368 e. The lowest BCUT2D eigenvalue weighted by Crippen LogP contribution is -2.19. The van der Waals surface area contributed by atoms with Gasteiger partial charge in [-0.2, -0.15) is 15.0 Å². The molecule has 8 nitrogen and oxygen atoms in total. The molecule has 0 fully saturated rings. The summed E-state index contributed by atoms with van der Waals surface area (Å²) in [6.45, 7) is 1.94. The van der Waals surface area contributed by atoms with Crippen LogP contribution >= 0.6 is 0 Å². The van der Waals surface area contributed by atoms with Crippen LogP contribution in [-0.4, -0.2) is 38.6 Å². The summed E-state index contributed by atoms with van der Waals surface area (Å²) in [6, 6.07) is 14.0. The van der Waals surface area contributed by atoms with Crippen LogP contribution in [0.3, 0.4) is 0 Å². The molecule has 0 unspecified atom stereocenters. The van der Waals surface area contributed by atoms with Gasteiger partial charge in [-0.25, -0.2) is 9.37 Å². The molecule has 0 bridgehead atoms. The molecule has 2 heterocycles. The molecule has 2 aromatic carbocycles. The van der Waals surface area contributed by atoms with Gasteiger partial charge in [0.05, 0.1) is 17.1 Å². The number of nitrogen functional groups attached to an aromatic ring is 1. The van der Waals surface area contributed by atoms with Crippen LogP contribution in [0.5, 0.6) is 0 Å². The normalized spacial score (nSPS) is 12.1. The third kappa shape index (κ3) is 3.66. The Kier molecular flexibility index (Phi) is 4.71. The Labute approximate surface area is 167 Å². The zero-order valence-corrected chi connectivity index (χ0v) is 16.3. The van der Waals surface area contributed by atoms with Crippen LogP contribution in [-0.2, 0) is 0 Å². The highest BCUT2D eigenvalue weighted by molar-refractivity contribution is 5.78. The quantitative estimate of drug-likeness (QED) is 0.538. The predicted octanol–water partition coefficient (Wildman–Crippen LogP) is 3.17. The second-order valence-corrected chi connectivity index (χ2v) is 6.85. The van der Waals surface area contributed by atoms with Crippen LogP contribution in [0.4, 0.5) is 22.2 Å². The highest BCUT2D eigenvalue weighted by Gasteiger charge is 2.20. The minimum Gasteiger partial charge on any atom is -0.368 e. The van der Waals surface area contributed by atoms with Gasteiger partial charge in [0.2, 0.25) is 17.8 Å². The lowest BCUT2D eigenvalue weighted by atomic mass is 10.2. The predicted molar refractivity (Wildman–Crippen MR) is 112 cm³/mol. The van der Waals surface area contributed by atoms with E-state index < -0.39 is 0 Å². The van der Waals surface area contributed by atoms with Crippen molar-refractivity contribution in [3.63, 3.8) is 0 Å². The van der Waals surface area contributed by atoms with Crippen molar-refractivity contribution in [3.05, 3.63) is 60.2 Å². The van der Waals surface area contributed by atoms with E-state index >= 15 is 0 Å². The van der Waals surface area contributed by atoms with Gasteiger partial charge in [0.15, 0.2) is 0 Å². The van der Waals surface area contributed by atoms with Crippen LogP contribution in [0, 0.1) is 5.82 Å². The maximum Gasteiger partial charge on any atom is 0.231 e. The summed E-state index contributed by atoms with van der Waals surface area (Å²) in [5, 5.41) is 3.23. The van der Waals surface area contributed by atoms with Crippen molar-refractivity contribution in [2.24, 2.45) is 0 Å². The monoisotopic (exact) mass is 392 g/mol. The molecule has 0 radical (unpaired) electrons. The molecule has 148 valence electrons. The van der Waals surface area contributed by atoms with Gasteiger partial charge in [-0.3, -0.25) is 4.57 Å². The standard InChI is InChI=1S/C20H21FN8/c1-12(23-19-25-18(22)26-20(27-19)28(2)3)17-24-15-10-9-13(21)11-16(15)29(17)14-7-5-4-6-8-14/h4-12H,1-3H3,(H3,22,23,25,26,27)/t12-/m0/s1. The number of rotatable bonds is 5. The SMILES string of the molecule is C[C@H](Nc1nc(N)nc(N(C)C)n1)c1nc2ccc(F)cc2n1-c1ccccc1. The Bertz CT molecular complexity index is 1160. The Balaban J connectivity index is 1.79. The Morgan fingerprint density at radius 3 is 2.52 bits per heavy atom. The number of halogens is 1. The van der Waals surface area contributed by atoms with Crippen LogP contribution in [0.15, 0.2) is 48.5 Å². The fraction of sp³-hybridized carbons (Fsp3) is 0.200. The molecule has 1 atom stereocenters. The second kappa shape index (κ2) is 7.34. The molecule has 9 heteroatoms. The van der Waals surface area contributed by atoms with Crippen molar-refractivity contribution >= 4 is 28.9 Å². The van der Waals surface area contributed by atoms with Gasteiger partial charge in [0, 0.05) is 25.8 Å². The van der Waals surface area contributed by atoms with E-state index in [-0.39, 0.29) is 17.8 Å². The molecule has 0 aliphatic heterocycles. The Morgan fingerprint density at radius 2 is 1.79 bits per heavy atom. The summed E-state index contributed by atoms with van der Waals surface area (Å²) in [7, 11) is 3.65. The van der Waals surface area contributed by atoms with Crippen molar-refractivity contribution in [2.45, 2.75) is 13.0 Å². The smallest absolute Gasteiger partial charge is 0.231 e. The van der Waals surface area contributed by atoms with Gasteiger partial charge in [0.25, 0.3) is 0 Å². The van der Waals surface area contributed by atoms with Gasteiger partial charge in [0.1, 0.15) is 11.6 Å². The number of imidazole rings is 1. The first-order valence-corrected chi connectivity index (χ1v) is 9.11. The summed E-state index contributed by atoms with van der Waals surface area (Å²) in [4.78, 5) is 19.1. The number of nitrogens with one attached hydrogen (secondary N) is 1. The number of hydrogen-bond donors (Lipinski definition) is 2. The molecule has 0 spiro atoms. The number of aromatic nitrogens is 5. The van der Waals surface area contributed by atoms with E-state index in [0.717, 1.165) is 5.69 Å². The summed E-state index contributed by atoms with van der Waals surface area (Å²) < 4.78 is 15.9. The maximum atomic E-state index is 14.0. The number of fused-ring (bicyclic) bond motifs is 1. The van der Waals surface area contributed by atoms with E-state index in [0.29, 0.717) is 28.8 Å². The van der Waals surface area contributed by atoms with E-state index in [2.05, 4.69) is 20.3 Å². The average molecular weight is 392 g/mol. The van der Waals surface area contributed by atoms with Crippen molar-refractivity contribution in [3.8, 4) is 5.69 Å². The first-order chi connectivity index (χ1) is 13.9. The van der Waals surface area contributed by atoms with E-state index in [1.54, 1.807) is 11.0 Å². The fourth-order valence-electron chi connectivity index (χ4n) is 3.11. The lowest BCUT2D eigenvalue weighted by molar-refractivity contribution is 0.629. The lowest BCUT2D eigenvalue weighted by Gasteiger charge is -2.17. The van der Waals surface area contributed by atoms with E-state index in [4.69, 9.17) is 10.7 Å². The zero-order valence-electron chi connectivity index (χ0n) is 16.3. The third-order valence-corrected chi connectivity index (χ3v) is 4.43. The molecule has 2 aromatic heterocycles. The maximum absolute atomic E-state index is 14.0. The fourth-order valence-corrected chi connectivity index (χ4v) is 3.11. The number of para-hydroxylation sites is 1. The highest BCUT2D eigenvalue weighted by atomic mass is 19.1. The summed E-state index contributed by atoms with van der Waals surface area (Å²) >= 11 is 0. The van der Waals surface area contributed by atoms with Crippen LogP contribution in [0.25, 0.3) is 16.7 Å². The Hall–Kier alpha value is -3.75. The van der Waals surface area contributed by atoms with E-state index in [9.17, 15) is 4.39 Å². The molecule has 3 N–H and O–H groups in total. The molecule has 0 aliphatic rings. The Morgan fingerprint density at radius 1 is 1.03 bits per heavy atom. The summed E-state index contributed by atoms with van der Waals surface area (Å²) in [5.74, 6) is 1.29. The van der Waals surface area contributed by atoms with Gasteiger partial charge >= 0.3 is 0 Å². The number of hydrogen-bond acceptors (Lipinski definition) is 7. The van der Waals surface area contributed by atoms with Crippen LogP contribution in [0.2, 0.25) is 0 Å². The number of benzene rings is 2. The van der Waals surface area contributed by atoms with Crippen LogP contribution < -0.4 is 16.0 Å². The van der Waals surface area contributed by atoms with E-state index in [1.807, 2.05) is 55.9 Å². The van der Waals surface area contributed by atoms with Crippen molar-refractivity contribution in [1.82, 2.24) is 24.5 Å². The molecule has 4 aromatic rings. The van der Waals surface area contributed by atoms with Gasteiger partial charge in [-0.1, -0.05) is 18.2 Å². The zero-order chi connectivity index (χ0) is 20.5. The molecule has 0 amide bonds. The molecular formula is C20H21FN8. The second-order valence-electron chi connectivity index (χ2n) is 6.85. The number of nitrogens with two attached hydrogens (primary N) is 1. The van der Waals surface area contributed by atoms with Crippen molar-refractivity contribution in [1.29, 1.82) is 0 Å². The highest BCUT2D eigenvalue weighted by Crippen LogP contribution is 2.27. The number of anilines is 3. The molecule has 4 rings (SSSR count). The molecule has 29 heavy (non-hydrogen) atoms. The first-order valence-electron chi connectivity index (χ1n) is 9.11. The molecule has 0 aliphatic carbocycles. The summed E-state index contributed by atoms with van der Waals surface area (Å²) in [6.07, 6.45) is 0. The van der Waals surface area contributed by atoms with Crippen LogP contribution in [0.1, 0.15) is 18.8 Å². The average Bonchev–Trinajstić information content (AvgIpc) is 3.07.